The summed E-state index contributed by atoms with van der Waals surface area (Å²) < 4.78 is 25.9. The molecule has 0 radical (unpaired) electrons. The maximum absolute atomic E-state index is 11.9. The highest BCUT2D eigenvalue weighted by Crippen LogP contribution is 2.30. The third-order valence-electron chi connectivity index (χ3n) is 4.57. The average Bonchev–Trinajstić information content (AvgIpc) is 3.15. The summed E-state index contributed by atoms with van der Waals surface area (Å²) in [6, 6.07) is 2.39. The van der Waals surface area contributed by atoms with Gasteiger partial charge in [-0.25, -0.2) is 8.42 Å². The summed E-state index contributed by atoms with van der Waals surface area (Å²) in [4.78, 5) is 2.71. The van der Waals surface area contributed by atoms with E-state index in [1.165, 1.54) is 18.1 Å². The van der Waals surface area contributed by atoms with E-state index in [2.05, 4.69) is 40.1 Å². The molecule has 8 heteroatoms. The van der Waals surface area contributed by atoms with Crippen molar-refractivity contribution in [1.29, 1.82) is 0 Å². The third kappa shape index (κ3) is 3.54. The number of piperidine rings is 1. The molecule has 1 aliphatic rings. The SMILES string of the molecule is CC(C)n1nccc1CN1CCCC(c2[nH]ncc2S(C)(=O)=O)C1. The molecule has 2 aromatic rings. The molecular formula is C16H25N5O2S. The molecule has 3 heterocycles. The smallest absolute Gasteiger partial charge is 0.178 e. The molecule has 2 aromatic heterocycles. The Labute approximate surface area is 143 Å². The average molecular weight is 351 g/mol. The van der Waals surface area contributed by atoms with Crippen LogP contribution in [0.5, 0.6) is 0 Å². The number of nitrogens with one attached hydrogen (secondary N) is 1. The highest BCUT2D eigenvalue weighted by Gasteiger charge is 2.28. The number of aromatic amines is 1. The second-order valence-electron chi connectivity index (χ2n) is 6.86. The summed E-state index contributed by atoms with van der Waals surface area (Å²) in [5.74, 6) is 0.168. The van der Waals surface area contributed by atoms with Crippen LogP contribution in [0.1, 0.15) is 50.0 Å². The van der Waals surface area contributed by atoms with E-state index >= 15 is 0 Å². The summed E-state index contributed by atoms with van der Waals surface area (Å²) in [5.41, 5.74) is 1.94. The van der Waals surface area contributed by atoms with Gasteiger partial charge < -0.3 is 0 Å². The lowest BCUT2D eigenvalue weighted by Crippen LogP contribution is -2.35. The molecule has 0 aromatic carbocycles. The molecule has 7 nitrogen and oxygen atoms in total. The molecule has 1 fully saturated rings. The van der Waals surface area contributed by atoms with Crippen LogP contribution >= 0.6 is 0 Å². The van der Waals surface area contributed by atoms with Gasteiger partial charge >= 0.3 is 0 Å². The van der Waals surface area contributed by atoms with E-state index in [9.17, 15) is 8.42 Å². The molecule has 0 spiro atoms. The minimum atomic E-state index is -3.25. The molecule has 1 aliphatic heterocycles. The Hall–Kier alpha value is -1.67. The van der Waals surface area contributed by atoms with E-state index in [0.717, 1.165) is 38.2 Å². The summed E-state index contributed by atoms with van der Waals surface area (Å²) in [6.07, 6.45) is 6.53. The third-order valence-corrected chi connectivity index (χ3v) is 5.70. The first-order chi connectivity index (χ1) is 11.4. The van der Waals surface area contributed by atoms with Crippen molar-refractivity contribution in [3.05, 3.63) is 29.8 Å². The first kappa shape index (κ1) is 17.2. The standard InChI is InChI=1S/C16H25N5O2S/c1-12(2)21-14(6-7-18-21)11-20-8-4-5-13(10-20)16-15(9-17-19-16)24(3,22)23/h6-7,9,12-13H,4-5,8,10-11H2,1-3H3,(H,17,19). The monoisotopic (exact) mass is 351 g/mol. The number of H-pyrrole nitrogens is 1. The van der Waals surface area contributed by atoms with Gasteiger partial charge in [0, 0.05) is 37.5 Å². The number of sulfone groups is 1. The van der Waals surface area contributed by atoms with E-state index < -0.39 is 9.84 Å². The summed E-state index contributed by atoms with van der Waals surface area (Å²) in [6.45, 7) is 6.92. The molecule has 1 unspecified atom stereocenters. The van der Waals surface area contributed by atoms with Gasteiger partial charge in [0.1, 0.15) is 4.90 Å². The van der Waals surface area contributed by atoms with Crippen molar-refractivity contribution in [2.24, 2.45) is 0 Å². The molecule has 0 amide bonds. The van der Waals surface area contributed by atoms with Crippen molar-refractivity contribution in [2.45, 2.75) is 50.1 Å². The number of likely N-dealkylation sites (tertiary alicyclic amines) is 1. The van der Waals surface area contributed by atoms with Gasteiger partial charge in [0.05, 0.1) is 17.6 Å². The normalized spacial score (nSPS) is 19.9. The van der Waals surface area contributed by atoms with Gasteiger partial charge in [0.25, 0.3) is 0 Å². The topological polar surface area (TPSA) is 83.9 Å². The Balaban J connectivity index is 1.76. The highest BCUT2D eigenvalue weighted by atomic mass is 32.2. The van der Waals surface area contributed by atoms with E-state index in [-0.39, 0.29) is 5.92 Å². The molecule has 24 heavy (non-hydrogen) atoms. The largest absolute Gasteiger partial charge is 0.297 e. The van der Waals surface area contributed by atoms with Gasteiger partial charge in [-0.1, -0.05) is 0 Å². The number of hydrogen-bond donors (Lipinski definition) is 1. The Kier molecular flexibility index (Phi) is 4.78. The van der Waals surface area contributed by atoms with Crippen molar-refractivity contribution in [2.75, 3.05) is 19.3 Å². The second kappa shape index (κ2) is 6.68. The van der Waals surface area contributed by atoms with Crippen LogP contribution in [-0.4, -0.2) is 52.6 Å². The molecule has 0 aliphatic carbocycles. The van der Waals surface area contributed by atoms with Gasteiger partial charge in [-0.2, -0.15) is 10.2 Å². The maximum atomic E-state index is 11.9. The first-order valence-corrected chi connectivity index (χ1v) is 10.2. The zero-order valence-corrected chi connectivity index (χ0v) is 15.3. The molecule has 1 atom stereocenters. The Morgan fingerprint density at radius 3 is 2.92 bits per heavy atom. The van der Waals surface area contributed by atoms with Gasteiger partial charge in [0.15, 0.2) is 9.84 Å². The van der Waals surface area contributed by atoms with Crippen molar-refractivity contribution in [1.82, 2.24) is 24.9 Å². The molecular weight excluding hydrogens is 326 g/mol. The molecule has 1 saturated heterocycles. The summed E-state index contributed by atoms with van der Waals surface area (Å²) >= 11 is 0. The second-order valence-corrected chi connectivity index (χ2v) is 8.84. The fourth-order valence-electron chi connectivity index (χ4n) is 3.47. The molecule has 3 rings (SSSR count). The molecule has 0 saturated carbocycles. The lowest BCUT2D eigenvalue weighted by atomic mass is 9.95. The van der Waals surface area contributed by atoms with Crippen molar-refractivity contribution in [3.63, 3.8) is 0 Å². The number of aromatic nitrogens is 4. The van der Waals surface area contributed by atoms with Crippen LogP contribution < -0.4 is 0 Å². The zero-order valence-electron chi connectivity index (χ0n) is 14.4. The Morgan fingerprint density at radius 1 is 1.42 bits per heavy atom. The maximum Gasteiger partial charge on any atom is 0.178 e. The van der Waals surface area contributed by atoms with Crippen LogP contribution in [0.25, 0.3) is 0 Å². The lowest BCUT2D eigenvalue weighted by molar-refractivity contribution is 0.191. The Bertz CT molecular complexity index is 793. The zero-order chi connectivity index (χ0) is 17.3. The van der Waals surface area contributed by atoms with Gasteiger partial charge in [0.2, 0.25) is 0 Å². The van der Waals surface area contributed by atoms with Gasteiger partial charge in [-0.3, -0.25) is 14.7 Å². The molecule has 1 N–H and O–H groups in total. The van der Waals surface area contributed by atoms with Gasteiger partial charge in [-0.05, 0) is 39.3 Å². The van der Waals surface area contributed by atoms with E-state index in [4.69, 9.17) is 0 Å². The van der Waals surface area contributed by atoms with Crippen molar-refractivity contribution >= 4 is 9.84 Å². The van der Waals surface area contributed by atoms with Crippen LogP contribution in [0.4, 0.5) is 0 Å². The lowest BCUT2D eigenvalue weighted by Gasteiger charge is -2.32. The Morgan fingerprint density at radius 2 is 2.21 bits per heavy atom. The number of nitrogens with zero attached hydrogens (tertiary/aromatic N) is 4. The van der Waals surface area contributed by atoms with E-state index in [0.29, 0.717) is 10.9 Å². The predicted octanol–water partition coefficient (Wildman–Crippen LogP) is 1.97. The fraction of sp³-hybridized carbons (Fsp3) is 0.625. The van der Waals surface area contributed by atoms with E-state index in [1.807, 2.05) is 10.9 Å². The highest BCUT2D eigenvalue weighted by molar-refractivity contribution is 7.90. The minimum absolute atomic E-state index is 0.168. The van der Waals surface area contributed by atoms with Crippen LogP contribution in [0.3, 0.4) is 0 Å². The molecule has 132 valence electrons. The fourth-order valence-corrected chi connectivity index (χ4v) is 4.32. The number of rotatable bonds is 5. The van der Waals surface area contributed by atoms with Crippen molar-refractivity contribution in [3.8, 4) is 0 Å². The summed E-state index contributed by atoms with van der Waals surface area (Å²) in [7, 11) is -3.25. The van der Waals surface area contributed by atoms with Crippen LogP contribution in [-0.2, 0) is 16.4 Å². The minimum Gasteiger partial charge on any atom is -0.297 e. The molecule has 0 bridgehead atoms. The van der Waals surface area contributed by atoms with Crippen LogP contribution in [0, 0.1) is 0 Å². The predicted molar refractivity (Wildman–Crippen MR) is 91.6 cm³/mol. The quantitative estimate of drug-likeness (QED) is 0.890. The van der Waals surface area contributed by atoms with Crippen LogP contribution in [0.2, 0.25) is 0 Å². The van der Waals surface area contributed by atoms with Crippen molar-refractivity contribution < 1.29 is 8.42 Å². The van der Waals surface area contributed by atoms with Gasteiger partial charge in [-0.15, -0.1) is 0 Å². The summed E-state index contributed by atoms with van der Waals surface area (Å²) in [5, 5.41) is 11.3. The van der Waals surface area contributed by atoms with E-state index in [1.54, 1.807) is 0 Å². The number of hydrogen-bond acceptors (Lipinski definition) is 5. The van der Waals surface area contributed by atoms with Crippen LogP contribution in [0.15, 0.2) is 23.4 Å². The first-order valence-electron chi connectivity index (χ1n) is 8.34.